The smallest absolute Gasteiger partial charge is 0.115 e. The standard InChI is InChI=1S/C6H10O4/c7-1-3-5-6(10-5)4(2-8)9-3/h3-8H,1-2H2/t3-,4?,5?,6?/m1/s1. The Kier molecular flexibility index (Phi) is 1.42. The minimum absolute atomic E-state index is 0.0162. The zero-order chi connectivity index (χ0) is 7.14. The molecule has 0 aliphatic carbocycles. The van der Waals surface area contributed by atoms with Gasteiger partial charge in [-0.25, -0.2) is 0 Å². The summed E-state index contributed by atoms with van der Waals surface area (Å²) in [6, 6.07) is 0. The zero-order valence-electron chi connectivity index (χ0n) is 5.43. The maximum absolute atomic E-state index is 8.69. The van der Waals surface area contributed by atoms with E-state index in [1.165, 1.54) is 0 Å². The van der Waals surface area contributed by atoms with Crippen molar-refractivity contribution >= 4 is 0 Å². The topological polar surface area (TPSA) is 62.2 Å². The molecule has 58 valence electrons. The molecule has 0 aromatic heterocycles. The van der Waals surface area contributed by atoms with Gasteiger partial charge in [0.25, 0.3) is 0 Å². The Bertz CT molecular complexity index is 124. The summed E-state index contributed by atoms with van der Waals surface area (Å²) in [6.07, 6.45) is -0.325. The second-order valence-corrected chi connectivity index (χ2v) is 2.64. The van der Waals surface area contributed by atoms with Crippen LogP contribution in [0.5, 0.6) is 0 Å². The van der Waals surface area contributed by atoms with Gasteiger partial charge in [-0.1, -0.05) is 0 Å². The van der Waals surface area contributed by atoms with Gasteiger partial charge >= 0.3 is 0 Å². The van der Waals surface area contributed by atoms with Crippen LogP contribution in [0.25, 0.3) is 0 Å². The lowest BCUT2D eigenvalue weighted by Crippen LogP contribution is -2.25. The van der Waals surface area contributed by atoms with Crippen LogP contribution in [-0.4, -0.2) is 47.8 Å². The first-order valence-corrected chi connectivity index (χ1v) is 3.39. The summed E-state index contributed by atoms with van der Waals surface area (Å²) in [5.41, 5.74) is 0. The summed E-state index contributed by atoms with van der Waals surface area (Å²) in [5, 5.41) is 17.4. The van der Waals surface area contributed by atoms with Gasteiger partial charge in [0.1, 0.15) is 24.4 Å². The summed E-state index contributed by atoms with van der Waals surface area (Å²) < 4.78 is 10.3. The second kappa shape index (κ2) is 2.17. The molecule has 2 rings (SSSR count). The zero-order valence-corrected chi connectivity index (χ0v) is 5.43. The molecule has 0 aromatic carbocycles. The Morgan fingerprint density at radius 1 is 0.900 bits per heavy atom. The van der Waals surface area contributed by atoms with Gasteiger partial charge in [0.05, 0.1) is 13.2 Å². The van der Waals surface area contributed by atoms with Gasteiger partial charge in [-0.3, -0.25) is 0 Å². The molecule has 2 fully saturated rings. The van der Waals surface area contributed by atoms with Gasteiger partial charge in [0, 0.05) is 0 Å². The summed E-state index contributed by atoms with van der Waals surface area (Å²) in [6.45, 7) is -0.0324. The van der Waals surface area contributed by atoms with Crippen molar-refractivity contribution in [2.24, 2.45) is 0 Å². The molecule has 2 aliphatic heterocycles. The molecule has 2 aliphatic rings. The van der Waals surface area contributed by atoms with Crippen molar-refractivity contribution < 1.29 is 19.7 Å². The Labute approximate surface area is 58.4 Å². The van der Waals surface area contributed by atoms with Crippen LogP contribution in [0.3, 0.4) is 0 Å². The van der Waals surface area contributed by atoms with Crippen LogP contribution in [0.2, 0.25) is 0 Å². The summed E-state index contributed by atoms with van der Waals surface area (Å²) >= 11 is 0. The number of hydrogen-bond acceptors (Lipinski definition) is 4. The fourth-order valence-corrected chi connectivity index (χ4v) is 1.41. The lowest BCUT2D eigenvalue weighted by atomic mass is 10.2. The normalized spacial score (nSPS) is 51.0. The molecule has 3 unspecified atom stereocenters. The first kappa shape index (κ1) is 6.54. The van der Waals surface area contributed by atoms with Crippen LogP contribution in [0.1, 0.15) is 0 Å². The molecule has 2 N–H and O–H groups in total. The monoisotopic (exact) mass is 146 g/mol. The van der Waals surface area contributed by atoms with Gasteiger partial charge < -0.3 is 19.7 Å². The fraction of sp³-hybridized carbons (Fsp3) is 1.00. The van der Waals surface area contributed by atoms with Crippen molar-refractivity contribution in [2.75, 3.05) is 13.2 Å². The van der Waals surface area contributed by atoms with E-state index in [0.717, 1.165) is 0 Å². The van der Waals surface area contributed by atoms with E-state index in [2.05, 4.69) is 0 Å². The summed E-state index contributed by atoms with van der Waals surface area (Å²) in [7, 11) is 0. The first-order valence-electron chi connectivity index (χ1n) is 3.39. The average molecular weight is 146 g/mol. The number of rotatable bonds is 2. The molecule has 0 aromatic rings. The van der Waals surface area contributed by atoms with E-state index in [0.29, 0.717) is 0 Å². The van der Waals surface area contributed by atoms with Gasteiger partial charge in [-0.15, -0.1) is 0 Å². The van der Waals surface area contributed by atoms with E-state index in [4.69, 9.17) is 19.7 Å². The van der Waals surface area contributed by atoms with Crippen LogP contribution in [0, 0.1) is 0 Å². The largest absolute Gasteiger partial charge is 0.394 e. The number of aliphatic hydroxyl groups excluding tert-OH is 2. The highest BCUT2D eigenvalue weighted by atomic mass is 16.7. The van der Waals surface area contributed by atoms with Crippen molar-refractivity contribution in [3.8, 4) is 0 Å². The van der Waals surface area contributed by atoms with Crippen LogP contribution >= 0.6 is 0 Å². The predicted molar refractivity (Wildman–Crippen MR) is 31.5 cm³/mol. The molecule has 0 amide bonds. The summed E-state index contributed by atoms with van der Waals surface area (Å²) in [5.74, 6) is 0. The maximum Gasteiger partial charge on any atom is 0.115 e. The molecule has 0 radical (unpaired) electrons. The molecule has 4 heteroatoms. The molecule has 0 bridgehead atoms. The second-order valence-electron chi connectivity index (χ2n) is 2.64. The lowest BCUT2D eigenvalue weighted by molar-refractivity contribution is -0.0694. The molecule has 10 heavy (non-hydrogen) atoms. The van der Waals surface area contributed by atoms with Crippen LogP contribution in [0.15, 0.2) is 0 Å². The van der Waals surface area contributed by atoms with Crippen molar-refractivity contribution in [3.05, 3.63) is 0 Å². The molecule has 2 saturated heterocycles. The minimum Gasteiger partial charge on any atom is -0.394 e. The molecule has 4 nitrogen and oxygen atoms in total. The third kappa shape index (κ3) is 0.769. The molecular weight excluding hydrogens is 136 g/mol. The van der Waals surface area contributed by atoms with E-state index in [9.17, 15) is 0 Å². The highest BCUT2D eigenvalue weighted by Crippen LogP contribution is 2.38. The van der Waals surface area contributed by atoms with E-state index in [1.54, 1.807) is 0 Å². The number of ether oxygens (including phenoxy) is 2. The maximum atomic E-state index is 8.69. The van der Waals surface area contributed by atoms with Gasteiger partial charge in [-0.05, 0) is 0 Å². The molecule has 0 spiro atoms. The predicted octanol–water partition coefficient (Wildman–Crippen LogP) is -1.49. The quantitative estimate of drug-likeness (QED) is 0.466. The Morgan fingerprint density at radius 3 is 1.70 bits per heavy atom. The van der Waals surface area contributed by atoms with E-state index >= 15 is 0 Å². The van der Waals surface area contributed by atoms with E-state index in [1.807, 2.05) is 0 Å². The Morgan fingerprint density at radius 2 is 1.40 bits per heavy atom. The molecule has 4 atom stereocenters. The summed E-state index contributed by atoms with van der Waals surface area (Å²) in [4.78, 5) is 0. The molecular formula is C6H10O4. The average Bonchev–Trinajstić information content (AvgIpc) is 2.67. The lowest BCUT2D eigenvalue weighted by Gasteiger charge is -2.12. The number of hydrogen-bond donors (Lipinski definition) is 2. The minimum atomic E-state index is -0.206. The van der Waals surface area contributed by atoms with Crippen LogP contribution < -0.4 is 0 Å². The highest BCUT2D eigenvalue weighted by molar-refractivity contribution is 5.02. The van der Waals surface area contributed by atoms with E-state index in [-0.39, 0.29) is 37.6 Å². The van der Waals surface area contributed by atoms with Crippen molar-refractivity contribution in [2.45, 2.75) is 24.4 Å². The van der Waals surface area contributed by atoms with Crippen molar-refractivity contribution in [1.29, 1.82) is 0 Å². The molecule has 2 heterocycles. The Hall–Kier alpha value is -0.160. The number of fused-ring (bicyclic) bond motifs is 1. The third-order valence-corrected chi connectivity index (χ3v) is 2.00. The van der Waals surface area contributed by atoms with E-state index < -0.39 is 0 Å². The van der Waals surface area contributed by atoms with Gasteiger partial charge in [0.2, 0.25) is 0 Å². The SMILES string of the molecule is OCC1O[C@H](CO)C2OC12. The first-order chi connectivity index (χ1) is 4.86. The third-order valence-electron chi connectivity index (χ3n) is 2.00. The van der Waals surface area contributed by atoms with Gasteiger partial charge in [0.15, 0.2) is 0 Å². The number of aliphatic hydroxyl groups is 2. The van der Waals surface area contributed by atoms with Crippen molar-refractivity contribution in [1.82, 2.24) is 0 Å². The van der Waals surface area contributed by atoms with Gasteiger partial charge in [-0.2, -0.15) is 0 Å². The van der Waals surface area contributed by atoms with Crippen LogP contribution in [0.4, 0.5) is 0 Å². The molecule has 0 saturated carbocycles. The fourth-order valence-electron chi connectivity index (χ4n) is 1.41. The van der Waals surface area contributed by atoms with Crippen molar-refractivity contribution in [3.63, 3.8) is 0 Å². The Balaban J connectivity index is 1.95. The highest BCUT2D eigenvalue weighted by Gasteiger charge is 2.57. The van der Waals surface area contributed by atoms with Crippen LogP contribution in [-0.2, 0) is 9.47 Å². The number of epoxide rings is 1.